The number of amides is 1. The number of nitrogens with zero attached hydrogens (tertiary/aromatic N) is 2. The summed E-state index contributed by atoms with van der Waals surface area (Å²) in [6.07, 6.45) is 1.28. The molecule has 8 heteroatoms. The molecule has 28 heavy (non-hydrogen) atoms. The van der Waals surface area contributed by atoms with Gasteiger partial charge < -0.3 is 19.1 Å². The molecule has 1 atom stereocenters. The Labute approximate surface area is 174 Å². The smallest absolute Gasteiger partial charge is 0.410 e. The van der Waals surface area contributed by atoms with Crippen molar-refractivity contribution in [3.05, 3.63) is 34.3 Å². The van der Waals surface area contributed by atoms with Gasteiger partial charge in [-0.2, -0.15) is 0 Å². The second kappa shape index (κ2) is 8.68. The molecule has 6 nitrogen and oxygen atoms in total. The molecule has 1 fully saturated rings. The van der Waals surface area contributed by atoms with Gasteiger partial charge in [-0.15, -0.1) is 11.3 Å². The maximum Gasteiger partial charge on any atom is 0.410 e. The number of hydrogen-bond acceptors (Lipinski definition) is 6. The van der Waals surface area contributed by atoms with E-state index in [0.717, 1.165) is 15.4 Å². The number of aromatic nitrogens is 1. The lowest BCUT2D eigenvalue weighted by Gasteiger charge is -2.34. The van der Waals surface area contributed by atoms with Crippen LogP contribution in [0.3, 0.4) is 0 Å². The van der Waals surface area contributed by atoms with Crippen molar-refractivity contribution < 1.29 is 19.0 Å². The van der Waals surface area contributed by atoms with Crippen LogP contribution in [0.25, 0.3) is 10.6 Å². The standard InChI is InChI=1S/C20H25ClN2O4S/c1-13-10-22-18(28-13)16-9-14(5-6-17(16)21)26-12-15-11-23(7-8-25-15)19(24)27-20(2,3)4/h5-6,9-10,15H,7-8,11-12H2,1-4H3/t15-/m1/s1. The van der Waals surface area contributed by atoms with Crippen molar-refractivity contribution in [2.45, 2.75) is 39.4 Å². The van der Waals surface area contributed by atoms with Gasteiger partial charge in [0.1, 0.15) is 29.1 Å². The van der Waals surface area contributed by atoms with Crippen LogP contribution in [0.2, 0.25) is 5.02 Å². The lowest BCUT2D eigenvalue weighted by atomic mass is 10.2. The van der Waals surface area contributed by atoms with Crippen LogP contribution in [0.1, 0.15) is 25.6 Å². The summed E-state index contributed by atoms with van der Waals surface area (Å²) in [5.74, 6) is 0.685. The zero-order valence-electron chi connectivity index (χ0n) is 16.5. The van der Waals surface area contributed by atoms with Crippen LogP contribution in [-0.2, 0) is 9.47 Å². The van der Waals surface area contributed by atoms with Crippen molar-refractivity contribution in [1.29, 1.82) is 0 Å². The molecule has 0 saturated carbocycles. The largest absolute Gasteiger partial charge is 0.491 e. The molecule has 2 heterocycles. The highest BCUT2D eigenvalue weighted by atomic mass is 35.5. The fraction of sp³-hybridized carbons (Fsp3) is 0.500. The number of ether oxygens (including phenoxy) is 3. The van der Waals surface area contributed by atoms with Crippen LogP contribution >= 0.6 is 22.9 Å². The first-order valence-corrected chi connectivity index (χ1v) is 10.4. The average molecular weight is 425 g/mol. The third-order valence-corrected chi connectivity index (χ3v) is 5.29. The Balaban J connectivity index is 1.60. The summed E-state index contributed by atoms with van der Waals surface area (Å²) in [7, 11) is 0. The first-order valence-electron chi connectivity index (χ1n) is 9.16. The molecule has 0 aliphatic carbocycles. The van der Waals surface area contributed by atoms with Gasteiger partial charge in [-0.3, -0.25) is 0 Å². The minimum absolute atomic E-state index is 0.220. The van der Waals surface area contributed by atoms with Crippen LogP contribution in [0, 0.1) is 6.92 Å². The Bertz CT molecular complexity index is 834. The number of aryl methyl sites for hydroxylation is 1. The molecule has 1 amide bonds. The third-order valence-electron chi connectivity index (χ3n) is 4.02. The highest BCUT2D eigenvalue weighted by Crippen LogP contribution is 2.34. The average Bonchev–Trinajstić information content (AvgIpc) is 3.06. The number of carbonyl (C=O) groups is 1. The van der Waals surface area contributed by atoms with Gasteiger partial charge in [0.2, 0.25) is 0 Å². The molecule has 152 valence electrons. The van der Waals surface area contributed by atoms with Gasteiger partial charge in [-0.1, -0.05) is 11.6 Å². The molecule has 0 bridgehead atoms. The zero-order chi connectivity index (χ0) is 20.3. The SMILES string of the molecule is Cc1cnc(-c2cc(OC[C@H]3CN(C(=O)OC(C)(C)C)CCO3)ccc2Cl)s1. The van der Waals surface area contributed by atoms with Gasteiger partial charge >= 0.3 is 6.09 Å². The third kappa shape index (κ3) is 5.59. The molecule has 2 aromatic rings. The summed E-state index contributed by atoms with van der Waals surface area (Å²) in [4.78, 5) is 19.4. The number of benzene rings is 1. The number of halogens is 1. The summed E-state index contributed by atoms with van der Waals surface area (Å²) in [6.45, 7) is 9.30. The summed E-state index contributed by atoms with van der Waals surface area (Å²) in [5.41, 5.74) is 0.326. The van der Waals surface area contributed by atoms with E-state index >= 15 is 0 Å². The zero-order valence-corrected chi connectivity index (χ0v) is 18.1. The highest BCUT2D eigenvalue weighted by molar-refractivity contribution is 7.15. The molecule has 1 aromatic carbocycles. The van der Waals surface area contributed by atoms with E-state index in [0.29, 0.717) is 37.1 Å². The van der Waals surface area contributed by atoms with E-state index in [1.165, 1.54) is 0 Å². The van der Waals surface area contributed by atoms with E-state index in [-0.39, 0.29) is 12.2 Å². The molecule has 0 radical (unpaired) electrons. The highest BCUT2D eigenvalue weighted by Gasteiger charge is 2.28. The van der Waals surface area contributed by atoms with Gasteiger partial charge in [0.15, 0.2) is 0 Å². The van der Waals surface area contributed by atoms with Crippen LogP contribution in [-0.4, -0.2) is 54.0 Å². The summed E-state index contributed by atoms with van der Waals surface area (Å²) in [6, 6.07) is 5.51. The predicted octanol–water partition coefficient (Wildman–Crippen LogP) is 4.79. The van der Waals surface area contributed by atoms with Gasteiger partial charge in [0.05, 0.1) is 18.2 Å². The van der Waals surface area contributed by atoms with E-state index < -0.39 is 5.60 Å². The van der Waals surface area contributed by atoms with E-state index in [9.17, 15) is 4.79 Å². The maximum atomic E-state index is 12.3. The number of morpholine rings is 1. The van der Waals surface area contributed by atoms with E-state index in [2.05, 4.69) is 4.98 Å². The molecule has 1 aromatic heterocycles. The first-order chi connectivity index (χ1) is 13.2. The quantitative estimate of drug-likeness (QED) is 0.706. The molecule has 1 aliphatic rings. The van der Waals surface area contributed by atoms with Crippen molar-refractivity contribution >= 4 is 29.0 Å². The van der Waals surface area contributed by atoms with Crippen molar-refractivity contribution in [1.82, 2.24) is 9.88 Å². The Morgan fingerprint density at radius 1 is 1.43 bits per heavy atom. The second-order valence-corrected chi connectivity index (χ2v) is 9.29. The number of hydrogen-bond donors (Lipinski definition) is 0. The van der Waals surface area contributed by atoms with Gasteiger partial charge in [-0.25, -0.2) is 9.78 Å². The maximum absolute atomic E-state index is 12.3. The lowest BCUT2D eigenvalue weighted by Crippen LogP contribution is -2.49. The second-order valence-electron chi connectivity index (χ2n) is 7.65. The Morgan fingerprint density at radius 2 is 2.21 bits per heavy atom. The summed E-state index contributed by atoms with van der Waals surface area (Å²) in [5, 5.41) is 1.49. The molecule has 1 saturated heterocycles. The van der Waals surface area contributed by atoms with Crippen molar-refractivity contribution in [2.24, 2.45) is 0 Å². The van der Waals surface area contributed by atoms with Crippen molar-refractivity contribution in [3.63, 3.8) is 0 Å². The van der Waals surface area contributed by atoms with E-state index in [1.54, 1.807) is 22.3 Å². The van der Waals surface area contributed by atoms with E-state index in [1.807, 2.05) is 46.0 Å². The van der Waals surface area contributed by atoms with Gasteiger partial charge in [0, 0.05) is 23.2 Å². The number of carbonyl (C=O) groups excluding carboxylic acids is 1. The molecule has 3 rings (SSSR count). The summed E-state index contributed by atoms with van der Waals surface area (Å²) < 4.78 is 17.1. The Morgan fingerprint density at radius 3 is 2.89 bits per heavy atom. The molecular weight excluding hydrogens is 400 g/mol. The van der Waals surface area contributed by atoms with Crippen LogP contribution < -0.4 is 4.74 Å². The normalized spacial score (nSPS) is 17.5. The Hall–Kier alpha value is -1.83. The predicted molar refractivity (Wildman–Crippen MR) is 110 cm³/mol. The van der Waals surface area contributed by atoms with Gasteiger partial charge in [-0.05, 0) is 45.9 Å². The fourth-order valence-electron chi connectivity index (χ4n) is 2.74. The van der Waals surface area contributed by atoms with E-state index in [4.69, 9.17) is 25.8 Å². The minimum atomic E-state index is -0.519. The van der Waals surface area contributed by atoms with Crippen LogP contribution in [0.15, 0.2) is 24.4 Å². The molecule has 0 N–H and O–H groups in total. The number of thiazole rings is 1. The first kappa shape index (κ1) is 20.9. The molecular formula is C20H25ClN2O4S. The minimum Gasteiger partial charge on any atom is -0.491 e. The van der Waals surface area contributed by atoms with Crippen molar-refractivity contribution in [3.8, 4) is 16.3 Å². The monoisotopic (exact) mass is 424 g/mol. The topological polar surface area (TPSA) is 60.9 Å². The van der Waals surface area contributed by atoms with Gasteiger partial charge in [0.25, 0.3) is 0 Å². The van der Waals surface area contributed by atoms with Crippen molar-refractivity contribution in [2.75, 3.05) is 26.3 Å². The Kier molecular flexibility index (Phi) is 6.47. The lowest BCUT2D eigenvalue weighted by molar-refractivity contribution is -0.0557. The molecule has 0 unspecified atom stereocenters. The molecule has 1 aliphatic heterocycles. The fourth-order valence-corrected chi connectivity index (χ4v) is 3.80. The van der Waals surface area contributed by atoms with Crippen LogP contribution in [0.5, 0.6) is 5.75 Å². The summed E-state index contributed by atoms with van der Waals surface area (Å²) >= 11 is 7.91. The van der Waals surface area contributed by atoms with Crippen LogP contribution in [0.4, 0.5) is 4.79 Å². The molecule has 0 spiro atoms. The number of rotatable bonds is 4.